The van der Waals surface area contributed by atoms with Crippen LogP contribution in [0.15, 0.2) is 9.95 Å². The van der Waals surface area contributed by atoms with Crippen LogP contribution >= 0.6 is 11.8 Å². The molecule has 1 aliphatic rings. The van der Waals surface area contributed by atoms with Crippen LogP contribution in [-0.2, 0) is 6.54 Å². The smallest absolute Gasteiger partial charge is 0.328 e. The molecule has 0 amide bonds. The van der Waals surface area contributed by atoms with E-state index in [-0.39, 0.29) is 5.69 Å². The summed E-state index contributed by atoms with van der Waals surface area (Å²) in [5.41, 5.74) is 5.77. The van der Waals surface area contributed by atoms with Crippen LogP contribution < -0.4 is 11.4 Å². The maximum absolute atomic E-state index is 11.5. The van der Waals surface area contributed by atoms with Crippen LogP contribution in [0.3, 0.4) is 0 Å². The second kappa shape index (κ2) is 5.05. The van der Waals surface area contributed by atoms with Crippen molar-refractivity contribution in [2.45, 2.75) is 55.6 Å². The molecule has 3 N–H and O–H groups in total. The van der Waals surface area contributed by atoms with Crippen LogP contribution in [0.5, 0.6) is 0 Å². The van der Waals surface area contributed by atoms with Crippen LogP contribution in [0.4, 0.5) is 0 Å². The molecule has 0 aromatic carbocycles. The van der Waals surface area contributed by atoms with E-state index in [1.165, 1.54) is 0 Å². The first-order valence-corrected chi connectivity index (χ1v) is 6.66. The summed E-state index contributed by atoms with van der Waals surface area (Å²) in [6.07, 6.45) is 4.17. The highest BCUT2D eigenvalue weighted by molar-refractivity contribution is 7.99. The Kier molecular flexibility index (Phi) is 3.70. The topological polar surface area (TPSA) is 76.7 Å². The fourth-order valence-corrected chi connectivity index (χ4v) is 3.34. The van der Waals surface area contributed by atoms with E-state index in [1.807, 2.05) is 0 Å². The van der Waals surface area contributed by atoms with Crippen molar-refractivity contribution < 1.29 is 0 Å². The molecule has 0 aliphatic heterocycles. The number of nitrogens with one attached hydrogen (secondary N) is 1. The van der Waals surface area contributed by atoms with Crippen molar-refractivity contribution in [3.8, 4) is 0 Å². The Labute approximate surface area is 98.8 Å². The molecule has 1 heterocycles. The first kappa shape index (κ1) is 11.7. The van der Waals surface area contributed by atoms with Crippen molar-refractivity contribution in [1.82, 2.24) is 14.8 Å². The van der Waals surface area contributed by atoms with Crippen LogP contribution in [0.2, 0.25) is 0 Å². The summed E-state index contributed by atoms with van der Waals surface area (Å²) >= 11 is 1.68. The minimum absolute atomic E-state index is 0.105. The SMILES string of the molecule is CCCn1c(SC2CCC(N)C2)n[nH]c1=O. The number of hydrogen-bond donors (Lipinski definition) is 2. The van der Waals surface area contributed by atoms with E-state index < -0.39 is 0 Å². The maximum atomic E-state index is 11.5. The number of thioether (sulfide) groups is 1. The predicted molar refractivity (Wildman–Crippen MR) is 64.6 cm³/mol. The molecular formula is C10H18N4OS. The average Bonchev–Trinajstić information content (AvgIpc) is 2.79. The van der Waals surface area contributed by atoms with E-state index in [1.54, 1.807) is 16.3 Å². The van der Waals surface area contributed by atoms with Crippen LogP contribution in [0, 0.1) is 0 Å². The quantitative estimate of drug-likeness (QED) is 0.824. The molecule has 0 saturated heterocycles. The molecule has 0 bridgehead atoms. The summed E-state index contributed by atoms with van der Waals surface area (Å²) in [7, 11) is 0. The molecule has 2 rings (SSSR count). The lowest BCUT2D eigenvalue weighted by molar-refractivity contribution is 0.602. The van der Waals surface area contributed by atoms with E-state index in [0.29, 0.717) is 11.3 Å². The summed E-state index contributed by atoms with van der Waals surface area (Å²) in [4.78, 5) is 11.5. The zero-order valence-electron chi connectivity index (χ0n) is 9.48. The van der Waals surface area contributed by atoms with Gasteiger partial charge in [-0.05, 0) is 25.7 Å². The Bertz CT molecular complexity index is 400. The summed E-state index contributed by atoms with van der Waals surface area (Å²) in [5, 5.41) is 7.91. The molecule has 0 spiro atoms. The van der Waals surface area contributed by atoms with Gasteiger partial charge in [-0.2, -0.15) is 0 Å². The number of hydrogen-bond acceptors (Lipinski definition) is 4. The summed E-state index contributed by atoms with van der Waals surface area (Å²) in [5.74, 6) is 0. The lowest BCUT2D eigenvalue weighted by Crippen LogP contribution is -2.18. The average molecular weight is 242 g/mol. The lowest BCUT2D eigenvalue weighted by Gasteiger charge is -2.08. The van der Waals surface area contributed by atoms with Crippen molar-refractivity contribution in [2.24, 2.45) is 5.73 Å². The van der Waals surface area contributed by atoms with Crippen LogP contribution in [0.1, 0.15) is 32.6 Å². The molecule has 6 heteroatoms. The molecule has 1 aromatic rings. The highest BCUT2D eigenvalue weighted by atomic mass is 32.2. The maximum Gasteiger partial charge on any atom is 0.343 e. The molecule has 2 atom stereocenters. The van der Waals surface area contributed by atoms with Gasteiger partial charge in [0.15, 0.2) is 5.16 Å². The normalized spacial score (nSPS) is 25.1. The first-order chi connectivity index (χ1) is 7.70. The fourth-order valence-electron chi connectivity index (χ4n) is 2.04. The van der Waals surface area contributed by atoms with Gasteiger partial charge in [-0.15, -0.1) is 5.10 Å². The monoisotopic (exact) mass is 242 g/mol. The van der Waals surface area contributed by atoms with Gasteiger partial charge in [-0.1, -0.05) is 18.7 Å². The fraction of sp³-hybridized carbons (Fsp3) is 0.800. The third-order valence-electron chi connectivity index (χ3n) is 2.87. The second-order valence-corrected chi connectivity index (χ2v) is 5.54. The molecule has 16 heavy (non-hydrogen) atoms. The van der Waals surface area contributed by atoms with Crippen molar-refractivity contribution >= 4 is 11.8 Å². The number of aromatic nitrogens is 3. The Morgan fingerprint density at radius 3 is 3.06 bits per heavy atom. The molecule has 0 radical (unpaired) electrons. The van der Waals surface area contributed by atoms with Crippen LogP contribution in [-0.4, -0.2) is 26.1 Å². The summed E-state index contributed by atoms with van der Waals surface area (Å²) < 4.78 is 1.72. The van der Waals surface area contributed by atoms with Gasteiger partial charge in [0, 0.05) is 17.8 Å². The van der Waals surface area contributed by atoms with E-state index in [4.69, 9.17) is 5.73 Å². The molecule has 1 saturated carbocycles. The summed E-state index contributed by atoms with van der Waals surface area (Å²) in [6, 6.07) is 0.322. The van der Waals surface area contributed by atoms with Gasteiger partial charge in [-0.25, -0.2) is 9.89 Å². The Morgan fingerprint density at radius 1 is 1.62 bits per heavy atom. The Morgan fingerprint density at radius 2 is 2.44 bits per heavy atom. The third kappa shape index (κ3) is 2.49. The molecule has 1 aliphatic carbocycles. The molecule has 1 aromatic heterocycles. The van der Waals surface area contributed by atoms with E-state index in [0.717, 1.165) is 37.4 Å². The third-order valence-corrected chi connectivity index (χ3v) is 4.15. The zero-order chi connectivity index (χ0) is 11.5. The van der Waals surface area contributed by atoms with Crippen molar-refractivity contribution in [3.63, 3.8) is 0 Å². The Hall–Kier alpha value is -0.750. The van der Waals surface area contributed by atoms with Gasteiger partial charge in [0.1, 0.15) is 0 Å². The van der Waals surface area contributed by atoms with Crippen molar-refractivity contribution in [1.29, 1.82) is 0 Å². The molecular weight excluding hydrogens is 224 g/mol. The lowest BCUT2D eigenvalue weighted by atomic mass is 10.3. The van der Waals surface area contributed by atoms with Gasteiger partial charge in [-0.3, -0.25) is 4.57 Å². The van der Waals surface area contributed by atoms with Crippen molar-refractivity contribution in [3.05, 3.63) is 10.5 Å². The second-order valence-electron chi connectivity index (χ2n) is 4.28. The van der Waals surface area contributed by atoms with Gasteiger partial charge in [0.25, 0.3) is 0 Å². The van der Waals surface area contributed by atoms with Gasteiger partial charge >= 0.3 is 5.69 Å². The largest absolute Gasteiger partial charge is 0.343 e. The highest BCUT2D eigenvalue weighted by Gasteiger charge is 2.24. The number of nitrogens with zero attached hydrogens (tertiary/aromatic N) is 2. The van der Waals surface area contributed by atoms with Gasteiger partial charge < -0.3 is 5.73 Å². The summed E-state index contributed by atoms with van der Waals surface area (Å²) in [6.45, 7) is 2.79. The van der Waals surface area contributed by atoms with Gasteiger partial charge in [0.2, 0.25) is 0 Å². The van der Waals surface area contributed by atoms with E-state index >= 15 is 0 Å². The molecule has 2 unspecified atom stereocenters. The molecule has 90 valence electrons. The van der Waals surface area contributed by atoms with E-state index in [9.17, 15) is 4.79 Å². The van der Waals surface area contributed by atoms with Crippen LogP contribution in [0.25, 0.3) is 0 Å². The standard InChI is InChI=1S/C10H18N4OS/c1-2-5-14-9(15)12-13-10(14)16-8-4-3-7(11)6-8/h7-8H,2-6,11H2,1H3,(H,12,15). The van der Waals surface area contributed by atoms with Crippen molar-refractivity contribution in [2.75, 3.05) is 0 Å². The number of nitrogens with two attached hydrogens (primary N) is 1. The highest BCUT2D eigenvalue weighted by Crippen LogP contribution is 2.32. The zero-order valence-corrected chi connectivity index (χ0v) is 10.3. The van der Waals surface area contributed by atoms with Gasteiger partial charge in [0.05, 0.1) is 0 Å². The minimum atomic E-state index is -0.105. The molecule has 1 fully saturated rings. The number of H-pyrrole nitrogens is 1. The van der Waals surface area contributed by atoms with E-state index in [2.05, 4.69) is 17.1 Å². The predicted octanol–water partition coefficient (Wildman–Crippen LogP) is 0.953. The molecule has 5 nitrogen and oxygen atoms in total. The Balaban J connectivity index is 2.06. The number of aromatic amines is 1. The number of rotatable bonds is 4. The first-order valence-electron chi connectivity index (χ1n) is 5.78. The minimum Gasteiger partial charge on any atom is -0.328 e.